The van der Waals surface area contributed by atoms with Gasteiger partial charge in [-0.15, -0.1) is 0 Å². The number of pyridine rings is 1. The third kappa shape index (κ3) is 4.64. The van der Waals surface area contributed by atoms with Crippen LogP contribution < -0.4 is 5.32 Å². The molecule has 138 valence electrons. The molecule has 0 saturated carbocycles. The molecular formula is C20H23F2N3O. The number of nitrogens with zero attached hydrogens (tertiary/aromatic N) is 2. The summed E-state index contributed by atoms with van der Waals surface area (Å²) in [5.41, 5.74) is 0.733. The first-order valence-electron chi connectivity index (χ1n) is 9.03. The number of amides is 1. The van der Waals surface area contributed by atoms with Crippen molar-refractivity contribution in [3.05, 3.63) is 65.5 Å². The normalized spacial score (nSPS) is 16.7. The topological polar surface area (TPSA) is 45.2 Å². The van der Waals surface area contributed by atoms with E-state index in [0.717, 1.165) is 37.7 Å². The quantitative estimate of drug-likeness (QED) is 0.885. The van der Waals surface area contributed by atoms with Crippen LogP contribution in [-0.2, 0) is 0 Å². The van der Waals surface area contributed by atoms with Crippen molar-refractivity contribution in [1.29, 1.82) is 0 Å². The van der Waals surface area contributed by atoms with E-state index in [1.165, 1.54) is 12.8 Å². The third-order valence-corrected chi connectivity index (χ3v) is 4.74. The Morgan fingerprint density at radius 1 is 1.12 bits per heavy atom. The highest BCUT2D eigenvalue weighted by molar-refractivity contribution is 5.92. The number of halogens is 2. The van der Waals surface area contributed by atoms with Gasteiger partial charge >= 0.3 is 0 Å². The lowest BCUT2D eigenvalue weighted by Crippen LogP contribution is -2.39. The van der Waals surface area contributed by atoms with Crippen molar-refractivity contribution < 1.29 is 13.6 Å². The second-order valence-electron chi connectivity index (χ2n) is 6.57. The van der Waals surface area contributed by atoms with Gasteiger partial charge in [-0.2, -0.15) is 0 Å². The Balaban J connectivity index is 1.74. The van der Waals surface area contributed by atoms with Gasteiger partial charge in [-0.1, -0.05) is 43.2 Å². The van der Waals surface area contributed by atoms with Crippen LogP contribution >= 0.6 is 0 Å². The number of rotatable bonds is 5. The lowest BCUT2D eigenvalue weighted by Gasteiger charge is -2.31. The van der Waals surface area contributed by atoms with Crippen molar-refractivity contribution in [3.8, 4) is 0 Å². The molecule has 4 nitrogen and oxygen atoms in total. The Hall–Kier alpha value is -2.34. The molecule has 2 heterocycles. The first-order chi connectivity index (χ1) is 12.6. The van der Waals surface area contributed by atoms with Crippen LogP contribution in [0.4, 0.5) is 8.78 Å². The number of carbonyl (C=O) groups is 1. The summed E-state index contributed by atoms with van der Waals surface area (Å²) >= 11 is 0. The average Bonchev–Trinajstić information content (AvgIpc) is 2.92. The molecule has 1 aromatic heterocycles. The van der Waals surface area contributed by atoms with Crippen LogP contribution in [0.15, 0.2) is 42.6 Å². The summed E-state index contributed by atoms with van der Waals surface area (Å²) in [4.78, 5) is 18.3. The van der Waals surface area contributed by atoms with Gasteiger partial charge in [0.15, 0.2) is 11.5 Å². The number of nitrogens with one attached hydrogen (secondary N) is 1. The molecule has 0 radical (unpaired) electrons. The smallest absolute Gasteiger partial charge is 0.273 e. The average molecular weight is 359 g/mol. The van der Waals surface area contributed by atoms with Gasteiger partial charge in [0.05, 0.1) is 12.2 Å². The molecule has 1 atom stereocenters. The van der Waals surface area contributed by atoms with Crippen molar-refractivity contribution >= 4 is 5.91 Å². The molecule has 1 fully saturated rings. The van der Waals surface area contributed by atoms with E-state index in [4.69, 9.17) is 0 Å². The fourth-order valence-corrected chi connectivity index (χ4v) is 3.39. The van der Waals surface area contributed by atoms with Crippen LogP contribution in [-0.4, -0.2) is 35.4 Å². The molecule has 1 amide bonds. The van der Waals surface area contributed by atoms with Gasteiger partial charge in [0, 0.05) is 12.6 Å². The number of benzene rings is 1. The van der Waals surface area contributed by atoms with E-state index in [-0.39, 0.29) is 11.7 Å². The van der Waals surface area contributed by atoms with E-state index in [9.17, 15) is 13.6 Å². The summed E-state index contributed by atoms with van der Waals surface area (Å²) in [6.07, 6.45) is 5.54. The number of carbonyl (C=O) groups excluding carboxylic acids is 1. The van der Waals surface area contributed by atoms with Crippen molar-refractivity contribution in [2.24, 2.45) is 0 Å². The Morgan fingerprint density at radius 2 is 1.81 bits per heavy atom. The van der Waals surface area contributed by atoms with Crippen LogP contribution in [0, 0.1) is 11.6 Å². The Bertz CT molecular complexity index is 731. The molecule has 0 unspecified atom stereocenters. The van der Waals surface area contributed by atoms with Gasteiger partial charge in [0.25, 0.3) is 5.91 Å². The van der Waals surface area contributed by atoms with Crippen LogP contribution in [0.1, 0.15) is 47.8 Å². The van der Waals surface area contributed by atoms with Crippen molar-refractivity contribution in [3.63, 3.8) is 0 Å². The third-order valence-electron chi connectivity index (χ3n) is 4.74. The molecule has 0 spiro atoms. The minimum absolute atomic E-state index is 0.0155. The number of likely N-dealkylation sites (tertiary alicyclic amines) is 1. The highest BCUT2D eigenvalue weighted by Gasteiger charge is 2.23. The monoisotopic (exact) mass is 359 g/mol. The molecule has 3 rings (SSSR count). The van der Waals surface area contributed by atoms with E-state index in [1.807, 2.05) is 30.3 Å². The highest BCUT2D eigenvalue weighted by atomic mass is 19.1. The molecule has 1 saturated heterocycles. The van der Waals surface area contributed by atoms with Crippen molar-refractivity contribution in [2.45, 2.75) is 31.7 Å². The van der Waals surface area contributed by atoms with Gasteiger partial charge in [-0.05, 0) is 31.5 Å². The first-order valence-corrected chi connectivity index (χ1v) is 9.03. The van der Waals surface area contributed by atoms with E-state index >= 15 is 0 Å². The van der Waals surface area contributed by atoms with Gasteiger partial charge < -0.3 is 5.32 Å². The maximum absolute atomic E-state index is 13.8. The molecule has 0 bridgehead atoms. The molecule has 1 aliphatic heterocycles. The van der Waals surface area contributed by atoms with Crippen LogP contribution in [0.25, 0.3) is 0 Å². The van der Waals surface area contributed by atoms with Gasteiger partial charge in [-0.25, -0.2) is 13.8 Å². The maximum Gasteiger partial charge on any atom is 0.273 e. The van der Waals surface area contributed by atoms with Gasteiger partial charge in [0.2, 0.25) is 0 Å². The minimum Gasteiger partial charge on any atom is -0.349 e. The van der Waals surface area contributed by atoms with E-state index < -0.39 is 17.5 Å². The predicted molar refractivity (Wildman–Crippen MR) is 95.7 cm³/mol. The number of aromatic nitrogens is 1. The fourth-order valence-electron chi connectivity index (χ4n) is 3.39. The van der Waals surface area contributed by atoms with Crippen LogP contribution in [0.2, 0.25) is 0 Å². The Labute approximate surface area is 152 Å². The number of hydrogen-bond donors (Lipinski definition) is 1. The van der Waals surface area contributed by atoms with Crippen molar-refractivity contribution in [1.82, 2.24) is 15.2 Å². The molecule has 1 N–H and O–H groups in total. The van der Waals surface area contributed by atoms with Gasteiger partial charge in [0.1, 0.15) is 5.82 Å². The highest BCUT2D eigenvalue weighted by Crippen LogP contribution is 2.23. The molecule has 1 aromatic carbocycles. The first kappa shape index (κ1) is 18.5. The number of hydrogen-bond acceptors (Lipinski definition) is 3. The zero-order valence-electron chi connectivity index (χ0n) is 14.6. The summed E-state index contributed by atoms with van der Waals surface area (Å²) < 4.78 is 26.8. The zero-order valence-corrected chi connectivity index (χ0v) is 14.6. The summed E-state index contributed by atoms with van der Waals surface area (Å²) in [7, 11) is 0. The van der Waals surface area contributed by atoms with Crippen molar-refractivity contribution in [2.75, 3.05) is 19.6 Å². The Kier molecular flexibility index (Phi) is 6.28. The Morgan fingerprint density at radius 3 is 2.46 bits per heavy atom. The summed E-state index contributed by atoms with van der Waals surface area (Å²) in [5, 5.41) is 2.77. The molecule has 26 heavy (non-hydrogen) atoms. The summed E-state index contributed by atoms with van der Waals surface area (Å²) in [5.74, 6) is -2.38. The molecular weight excluding hydrogens is 336 g/mol. The van der Waals surface area contributed by atoms with E-state index in [2.05, 4.69) is 15.2 Å². The fraction of sp³-hybridized carbons (Fsp3) is 0.400. The van der Waals surface area contributed by atoms with Crippen LogP contribution in [0.5, 0.6) is 0 Å². The molecule has 1 aliphatic rings. The molecule has 6 heteroatoms. The lowest BCUT2D eigenvalue weighted by molar-refractivity contribution is 0.0923. The maximum atomic E-state index is 13.8. The van der Waals surface area contributed by atoms with Gasteiger partial charge in [-0.3, -0.25) is 9.69 Å². The predicted octanol–water partition coefficient (Wildman–Crippen LogP) is 3.71. The second kappa shape index (κ2) is 8.85. The summed E-state index contributed by atoms with van der Waals surface area (Å²) in [6.45, 7) is 2.29. The second-order valence-corrected chi connectivity index (χ2v) is 6.57. The molecule has 2 aromatic rings. The summed E-state index contributed by atoms with van der Waals surface area (Å²) in [6, 6.07) is 10.7. The SMILES string of the molecule is O=C(NC[C@@H](c1ccccc1)N1CCCCCC1)c1ncc(F)cc1F. The zero-order chi connectivity index (χ0) is 18.4. The lowest BCUT2D eigenvalue weighted by atomic mass is 10.0. The van der Waals surface area contributed by atoms with E-state index in [1.54, 1.807) is 0 Å². The molecule has 0 aliphatic carbocycles. The van der Waals surface area contributed by atoms with Crippen LogP contribution in [0.3, 0.4) is 0 Å². The minimum atomic E-state index is -0.950. The standard InChI is InChI=1S/C20H23F2N3O/c21-16-12-17(22)19(23-13-16)20(26)24-14-18(15-8-4-3-5-9-15)25-10-6-1-2-7-11-25/h3-5,8-9,12-13,18H,1-2,6-7,10-11,14H2,(H,24,26)/t18-/m0/s1. The van der Waals surface area contributed by atoms with E-state index in [0.29, 0.717) is 12.6 Å². The largest absolute Gasteiger partial charge is 0.349 e.